The molecule has 0 heterocycles. The van der Waals surface area contributed by atoms with Gasteiger partial charge >= 0.3 is 5.97 Å². The molecule has 0 atom stereocenters. The summed E-state index contributed by atoms with van der Waals surface area (Å²) < 4.78 is 0. The molecule has 2 nitrogen and oxygen atoms in total. The highest BCUT2D eigenvalue weighted by atomic mass is 16.4. The largest absolute Gasteiger partial charge is 0.478 e. The van der Waals surface area contributed by atoms with E-state index in [1.165, 1.54) is 19.3 Å². The molecule has 0 aliphatic heterocycles. The summed E-state index contributed by atoms with van der Waals surface area (Å²) in [4.78, 5) is 11.6. The Morgan fingerprint density at radius 1 is 0.905 bits per heavy atom. The molecular formula is C19H20O2. The molecule has 0 aromatic heterocycles. The van der Waals surface area contributed by atoms with Crippen molar-refractivity contribution >= 4 is 5.97 Å². The van der Waals surface area contributed by atoms with Gasteiger partial charge in [0.1, 0.15) is 0 Å². The second-order valence-corrected chi connectivity index (χ2v) is 5.77. The van der Waals surface area contributed by atoms with Crippen LogP contribution in [0.25, 0.3) is 11.1 Å². The third-order valence-electron chi connectivity index (χ3n) is 4.43. The molecule has 21 heavy (non-hydrogen) atoms. The SMILES string of the molecule is O=C(O)c1cccc(-c2ccccc2)c1C1CCCCC1. The molecule has 1 aliphatic rings. The van der Waals surface area contributed by atoms with Gasteiger partial charge in [0.05, 0.1) is 5.56 Å². The van der Waals surface area contributed by atoms with Gasteiger partial charge in [-0.2, -0.15) is 0 Å². The van der Waals surface area contributed by atoms with Crippen molar-refractivity contribution in [3.63, 3.8) is 0 Å². The van der Waals surface area contributed by atoms with Crippen LogP contribution in [0.2, 0.25) is 0 Å². The Morgan fingerprint density at radius 3 is 2.29 bits per heavy atom. The van der Waals surface area contributed by atoms with E-state index in [4.69, 9.17) is 0 Å². The third kappa shape index (κ3) is 2.85. The smallest absolute Gasteiger partial charge is 0.335 e. The van der Waals surface area contributed by atoms with Gasteiger partial charge in [-0.05, 0) is 41.5 Å². The first-order valence-corrected chi connectivity index (χ1v) is 7.69. The quantitative estimate of drug-likeness (QED) is 0.849. The van der Waals surface area contributed by atoms with Gasteiger partial charge < -0.3 is 5.11 Å². The number of carboxylic acid groups (broad SMARTS) is 1. The van der Waals surface area contributed by atoms with Crippen LogP contribution in [-0.4, -0.2) is 11.1 Å². The zero-order valence-corrected chi connectivity index (χ0v) is 12.1. The van der Waals surface area contributed by atoms with E-state index in [0.717, 1.165) is 29.5 Å². The standard InChI is InChI=1S/C19H20O2/c20-19(21)17-13-7-12-16(14-8-3-1-4-9-14)18(17)15-10-5-2-6-11-15/h1,3-4,7-9,12-13,15H,2,5-6,10-11H2,(H,20,21). The van der Waals surface area contributed by atoms with Crippen LogP contribution in [0.5, 0.6) is 0 Å². The van der Waals surface area contributed by atoms with E-state index >= 15 is 0 Å². The predicted octanol–water partition coefficient (Wildman–Crippen LogP) is 5.10. The second-order valence-electron chi connectivity index (χ2n) is 5.77. The van der Waals surface area contributed by atoms with E-state index in [1.807, 2.05) is 24.3 Å². The second kappa shape index (κ2) is 6.13. The molecule has 0 amide bonds. The van der Waals surface area contributed by atoms with Crippen LogP contribution in [-0.2, 0) is 0 Å². The Bertz CT molecular complexity index is 625. The maximum Gasteiger partial charge on any atom is 0.335 e. The Morgan fingerprint density at radius 2 is 1.62 bits per heavy atom. The summed E-state index contributed by atoms with van der Waals surface area (Å²) >= 11 is 0. The Kier molecular flexibility index (Phi) is 4.05. The molecule has 0 unspecified atom stereocenters. The first-order chi connectivity index (χ1) is 10.3. The highest BCUT2D eigenvalue weighted by molar-refractivity contribution is 5.92. The molecule has 0 radical (unpaired) electrons. The van der Waals surface area contributed by atoms with E-state index in [1.54, 1.807) is 6.07 Å². The molecule has 1 aliphatic carbocycles. The van der Waals surface area contributed by atoms with Gasteiger partial charge in [-0.15, -0.1) is 0 Å². The summed E-state index contributed by atoms with van der Waals surface area (Å²) in [7, 11) is 0. The Balaban J connectivity index is 2.15. The maximum atomic E-state index is 11.6. The van der Waals surface area contributed by atoms with Gasteiger partial charge in [0.15, 0.2) is 0 Å². The molecule has 1 N–H and O–H groups in total. The van der Waals surface area contributed by atoms with E-state index in [9.17, 15) is 9.90 Å². The van der Waals surface area contributed by atoms with Crippen molar-refractivity contribution in [1.82, 2.24) is 0 Å². The van der Waals surface area contributed by atoms with Gasteiger partial charge in [-0.1, -0.05) is 61.7 Å². The fourth-order valence-electron chi connectivity index (χ4n) is 3.45. The summed E-state index contributed by atoms with van der Waals surface area (Å²) in [6.07, 6.45) is 5.88. The van der Waals surface area contributed by atoms with Crippen LogP contribution in [0.1, 0.15) is 53.9 Å². The Hall–Kier alpha value is -2.09. The van der Waals surface area contributed by atoms with Crippen molar-refractivity contribution < 1.29 is 9.90 Å². The maximum absolute atomic E-state index is 11.6. The van der Waals surface area contributed by atoms with Crippen LogP contribution in [0.4, 0.5) is 0 Å². The molecular weight excluding hydrogens is 260 g/mol. The molecule has 0 bridgehead atoms. The molecule has 2 aromatic carbocycles. The number of rotatable bonds is 3. The van der Waals surface area contributed by atoms with Crippen molar-refractivity contribution in [2.75, 3.05) is 0 Å². The molecule has 0 spiro atoms. The highest BCUT2D eigenvalue weighted by Crippen LogP contribution is 2.40. The van der Waals surface area contributed by atoms with Crippen LogP contribution in [0.15, 0.2) is 48.5 Å². The lowest BCUT2D eigenvalue weighted by Crippen LogP contribution is -2.12. The summed E-state index contributed by atoms with van der Waals surface area (Å²) in [6, 6.07) is 15.8. The minimum atomic E-state index is -0.812. The summed E-state index contributed by atoms with van der Waals surface area (Å²) in [5.41, 5.74) is 3.71. The molecule has 108 valence electrons. The van der Waals surface area contributed by atoms with Crippen molar-refractivity contribution in [3.05, 3.63) is 59.7 Å². The van der Waals surface area contributed by atoms with Gasteiger partial charge in [0, 0.05) is 0 Å². The monoisotopic (exact) mass is 280 g/mol. The molecule has 3 rings (SSSR count). The van der Waals surface area contributed by atoms with Crippen molar-refractivity contribution in [2.24, 2.45) is 0 Å². The third-order valence-corrected chi connectivity index (χ3v) is 4.43. The van der Waals surface area contributed by atoms with Crippen LogP contribution in [0, 0.1) is 0 Å². The average Bonchev–Trinajstić information content (AvgIpc) is 2.55. The Labute approximate surface area is 125 Å². The molecule has 0 saturated heterocycles. The minimum absolute atomic E-state index is 0.376. The van der Waals surface area contributed by atoms with Crippen molar-refractivity contribution in [1.29, 1.82) is 0 Å². The van der Waals surface area contributed by atoms with E-state index in [0.29, 0.717) is 11.5 Å². The number of hydrogen-bond donors (Lipinski definition) is 1. The molecule has 1 saturated carbocycles. The van der Waals surface area contributed by atoms with Crippen molar-refractivity contribution in [3.8, 4) is 11.1 Å². The lowest BCUT2D eigenvalue weighted by molar-refractivity contribution is 0.0695. The van der Waals surface area contributed by atoms with E-state index in [2.05, 4.69) is 18.2 Å². The number of carbonyl (C=O) groups is 1. The lowest BCUT2D eigenvalue weighted by Gasteiger charge is -2.26. The fraction of sp³-hybridized carbons (Fsp3) is 0.316. The van der Waals surface area contributed by atoms with Crippen LogP contribution in [0.3, 0.4) is 0 Å². The normalized spacial score (nSPS) is 15.8. The first kappa shape index (κ1) is 13.9. The summed E-state index contributed by atoms with van der Waals surface area (Å²) in [5, 5.41) is 9.57. The number of carboxylic acids is 1. The summed E-state index contributed by atoms with van der Waals surface area (Å²) in [6.45, 7) is 0. The topological polar surface area (TPSA) is 37.3 Å². The van der Waals surface area contributed by atoms with Crippen LogP contribution >= 0.6 is 0 Å². The summed E-state index contributed by atoms with van der Waals surface area (Å²) in [5.74, 6) is -0.436. The zero-order valence-electron chi connectivity index (χ0n) is 12.1. The number of aromatic carboxylic acids is 1. The minimum Gasteiger partial charge on any atom is -0.478 e. The van der Waals surface area contributed by atoms with Crippen molar-refractivity contribution in [2.45, 2.75) is 38.0 Å². The fourth-order valence-corrected chi connectivity index (χ4v) is 3.45. The molecule has 2 heteroatoms. The first-order valence-electron chi connectivity index (χ1n) is 7.69. The lowest BCUT2D eigenvalue weighted by atomic mass is 9.78. The molecule has 1 fully saturated rings. The highest BCUT2D eigenvalue weighted by Gasteiger charge is 2.24. The number of hydrogen-bond acceptors (Lipinski definition) is 1. The van der Waals surface area contributed by atoms with Gasteiger partial charge in [0.25, 0.3) is 0 Å². The molecule has 2 aromatic rings. The predicted molar refractivity (Wildman–Crippen MR) is 84.7 cm³/mol. The van der Waals surface area contributed by atoms with Gasteiger partial charge in [-0.25, -0.2) is 4.79 Å². The van der Waals surface area contributed by atoms with Gasteiger partial charge in [-0.3, -0.25) is 0 Å². The van der Waals surface area contributed by atoms with Gasteiger partial charge in [0.2, 0.25) is 0 Å². The van der Waals surface area contributed by atoms with E-state index in [-0.39, 0.29) is 0 Å². The van der Waals surface area contributed by atoms with Crippen LogP contribution < -0.4 is 0 Å². The van der Waals surface area contributed by atoms with E-state index < -0.39 is 5.97 Å². The average molecular weight is 280 g/mol. The number of benzene rings is 2. The zero-order chi connectivity index (χ0) is 14.7.